The Balaban J connectivity index is 2.16. The van der Waals surface area contributed by atoms with Gasteiger partial charge in [-0.1, -0.05) is 20.8 Å². The van der Waals surface area contributed by atoms with Crippen molar-refractivity contribution in [2.45, 2.75) is 52.9 Å². The first-order valence-electron chi connectivity index (χ1n) is 7.28. The van der Waals surface area contributed by atoms with Crippen LogP contribution in [0.1, 0.15) is 52.3 Å². The van der Waals surface area contributed by atoms with E-state index in [0.717, 1.165) is 42.2 Å². The van der Waals surface area contributed by atoms with E-state index >= 15 is 0 Å². The van der Waals surface area contributed by atoms with Crippen LogP contribution < -0.4 is 4.90 Å². The van der Waals surface area contributed by atoms with Gasteiger partial charge in [0.15, 0.2) is 0 Å². The molecule has 0 aromatic carbocycles. The minimum absolute atomic E-state index is 0.464. The summed E-state index contributed by atoms with van der Waals surface area (Å²) < 4.78 is 0.907. The number of aromatic nitrogens is 2. The molecule has 106 valence electrons. The van der Waals surface area contributed by atoms with E-state index in [1.54, 1.807) is 0 Å². The summed E-state index contributed by atoms with van der Waals surface area (Å²) in [5.74, 6) is 2.04. The minimum atomic E-state index is 0.464. The molecule has 19 heavy (non-hydrogen) atoms. The highest BCUT2D eigenvalue weighted by atomic mass is 79.9. The van der Waals surface area contributed by atoms with Crippen molar-refractivity contribution < 1.29 is 0 Å². The Morgan fingerprint density at radius 3 is 2.79 bits per heavy atom. The molecule has 0 aliphatic carbocycles. The maximum absolute atomic E-state index is 4.72. The summed E-state index contributed by atoms with van der Waals surface area (Å²) in [6, 6.07) is 2.05. The summed E-state index contributed by atoms with van der Waals surface area (Å²) in [4.78, 5) is 11.6. The van der Waals surface area contributed by atoms with E-state index in [-0.39, 0.29) is 0 Å². The fourth-order valence-electron chi connectivity index (χ4n) is 2.60. The van der Waals surface area contributed by atoms with Gasteiger partial charge in [-0.15, -0.1) is 0 Å². The zero-order valence-corrected chi connectivity index (χ0v) is 13.8. The average molecular weight is 326 g/mol. The predicted octanol–water partition coefficient (Wildman–Crippen LogP) is 4.21. The molecule has 2 heterocycles. The summed E-state index contributed by atoms with van der Waals surface area (Å²) in [5.41, 5.74) is 0.464. The first-order valence-corrected chi connectivity index (χ1v) is 8.08. The Labute approximate surface area is 125 Å². The van der Waals surface area contributed by atoms with Gasteiger partial charge in [-0.3, -0.25) is 0 Å². The van der Waals surface area contributed by atoms with Gasteiger partial charge in [-0.2, -0.15) is 0 Å². The van der Waals surface area contributed by atoms with Gasteiger partial charge in [-0.25, -0.2) is 9.97 Å². The highest BCUT2D eigenvalue weighted by Crippen LogP contribution is 2.31. The number of hydrogen-bond donors (Lipinski definition) is 0. The quantitative estimate of drug-likeness (QED) is 0.779. The third-order valence-corrected chi connectivity index (χ3v) is 4.27. The molecule has 1 fully saturated rings. The van der Waals surface area contributed by atoms with Gasteiger partial charge in [0.2, 0.25) is 0 Å². The second-order valence-electron chi connectivity index (χ2n) is 6.22. The van der Waals surface area contributed by atoms with E-state index in [0.29, 0.717) is 5.41 Å². The fraction of sp³-hybridized carbons (Fsp3) is 0.733. The van der Waals surface area contributed by atoms with Crippen LogP contribution >= 0.6 is 15.9 Å². The highest BCUT2D eigenvalue weighted by Gasteiger charge is 2.24. The van der Waals surface area contributed by atoms with Gasteiger partial charge in [0, 0.05) is 25.6 Å². The van der Waals surface area contributed by atoms with Gasteiger partial charge in [0.05, 0.1) is 0 Å². The molecule has 1 saturated heterocycles. The SMILES string of the molecule is CCCc1nc(Br)cc(N2CCCC(C)(C)CC2)n1. The summed E-state index contributed by atoms with van der Waals surface area (Å²) in [7, 11) is 0. The van der Waals surface area contributed by atoms with Crippen molar-refractivity contribution in [3.63, 3.8) is 0 Å². The molecule has 1 aromatic heterocycles. The number of rotatable bonds is 3. The largest absolute Gasteiger partial charge is 0.356 e. The molecule has 0 atom stereocenters. The van der Waals surface area contributed by atoms with Crippen molar-refractivity contribution in [2.75, 3.05) is 18.0 Å². The maximum Gasteiger partial charge on any atom is 0.133 e. The molecule has 1 aliphatic rings. The number of hydrogen-bond acceptors (Lipinski definition) is 3. The molecular weight excluding hydrogens is 302 g/mol. The summed E-state index contributed by atoms with van der Waals surface area (Å²) in [6.45, 7) is 9.11. The number of aryl methyl sites for hydroxylation is 1. The molecule has 0 saturated carbocycles. The van der Waals surface area contributed by atoms with Crippen molar-refractivity contribution in [1.29, 1.82) is 0 Å². The lowest BCUT2D eigenvalue weighted by Gasteiger charge is -2.24. The number of nitrogens with zero attached hydrogens (tertiary/aromatic N) is 3. The van der Waals surface area contributed by atoms with Crippen LogP contribution in [0.15, 0.2) is 10.7 Å². The Hall–Kier alpha value is -0.640. The first kappa shape index (κ1) is 14.8. The number of anilines is 1. The predicted molar refractivity (Wildman–Crippen MR) is 83.6 cm³/mol. The summed E-state index contributed by atoms with van der Waals surface area (Å²) in [6.07, 6.45) is 5.82. The summed E-state index contributed by atoms with van der Waals surface area (Å²) in [5, 5.41) is 0. The van der Waals surface area contributed by atoms with Crippen LogP contribution in [0.5, 0.6) is 0 Å². The van der Waals surface area contributed by atoms with Crippen LogP contribution in [0.25, 0.3) is 0 Å². The van der Waals surface area contributed by atoms with Crippen LogP contribution in [-0.4, -0.2) is 23.1 Å². The van der Waals surface area contributed by atoms with Crippen LogP contribution in [0.4, 0.5) is 5.82 Å². The normalized spacial score (nSPS) is 19.3. The van der Waals surface area contributed by atoms with Gasteiger partial charge >= 0.3 is 0 Å². The molecule has 1 aliphatic heterocycles. The fourth-order valence-corrected chi connectivity index (χ4v) is 3.01. The van der Waals surface area contributed by atoms with Gasteiger partial charge in [0.25, 0.3) is 0 Å². The standard InChI is InChI=1S/C15H24BrN3/c1-4-6-13-17-12(16)11-14(18-13)19-9-5-7-15(2,3)8-10-19/h11H,4-10H2,1-3H3. The minimum Gasteiger partial charge on any atom is -0.356 e. The Kier molecular flexibility index (Phi) is 4.82. The summed E-state index contributed by atoms with van der Waals surface area (Å²) >= 11 is 3.51. The molecule has 3 nitrogen and oxygen atoms in total. The van der Waals surface area contributed by atoms with E-state index in [1.165, 1.54) is 19.3 Å². The highest BCUT2D eigenvalue weighted by molar-refractivity contribution is 9.10. The van der Waals surface area contributed by atoms with Gasteiger partial charge in [-0.05, 0) is 47.0 Å². The Morgan fingerprint density at radius 2 is 2.05 bits per heavy atom. The van der Waals surface area contributed by atoms with E-state index in [4.69, 9.17) is 4.98 Å². The Morgan fingerprint density at radius 1 is 1.26 bits per heavy atom. The second kappa shape index (κ2) is 6.21. The molecule has 2 rings (SSSR count). The molecule has 0 amide bonds. The van der Waals surface area contributed by atoms with E-state index in [1.807, 2.05) is 0 Å². The first-order chi connectivity index (χ1) is 9.00. The smallest absolute Gasteiger partial charge is 0.133 e. The lowest BCUT2D eigenvalue weighted by Crippen LogP contribution is -2.26. The van der Waals surface area contributed by atoms with Crippen molar-refractivity contribution in [1.82, 2.24) is 9.97 Å². The third kappa shape index (κ3) is 4.16. The Bertz CT molecular complexity index is 431. The molecule has 4 heteroatoms. The zero-order valence-electron chi connectivity index (χ0n) is 12.2. The average Bonchev–Trinajstić information content (AvgIpc) is 2.50. The lowest BCUT2D eigenvalue weighted by molar-refractivity contribution is 0.325. The van der Waals surface area contributed by atoms with Gasteiger partial charge < -0.3 is 4.90 Å². The van der Waals surface area contributed by atoms with Crippen molar-refractivity contribution in [3.8, 4) is 0 Å². The molecule has 0 unspecified atom stereocenters. The van der Waals surface area contributed by atoms with Crippen molar-refractivity contribution >= 4 is 21.7 Å². The van der Waals surface area contributed by atoms with Crippen molar-refractivity contribution in [3.05, 3.63) is 16.5 Å². The monoisotopic (exact) mass is 325 g/mol. The van der Waals surface area contributed by atoms with Crippen molar-refractivity contribution in [2.24, 2.45) is 5.41 Å². The topological polar surface area (TPSA) is 29.0 Å². The van der Waals surface area contributed by atoms with Crippen LogP contribution in [0.2, 0.25) is 0 Å². The molecule has 0 spiro atoms. The van der Waals surface area contributed by atoms with Crippen LogP contribution in [0, 0.1) is 5.41 Å². The lowest BCUT2D eigenvalue weighted by atomic mass is 9.85. The molecule has 0 bridgehead atoms. The molecule has 1 aromatic rings. The van der Waals surface area contributed by atoms with Crippen LogP contribution in [-0.2, 0) is 6.42 Å². The second-order valence-corrected chi connectivity index (χ2v) is 7.03. The van der Waals surface area contributed by atoms with E-state index in [2.05, 4.69) is 52.7 Å². The van der Waals surface area contributed by atoms with Gasteiger partial charge in [0.1, 0.15) is 16.2 Å². The zero-order chi connectivity index (χ0) is 13.9. The van der Waals surface area contributed by atoms with Crippen LogP contribution in [0.3, 0.4) is 0 Å². The van der Waals surface area contributed by atoms with E-state index < -0.39 is 0 Å². The number of halogens is 1. The van der Waals surface area contributed by atoms with E-state index in [9.17, 15) is 0 Å². The third-order valence-electron chi connectivity index (χ3n) is 3.87. The molecule has 0 N–H and O–H groups in total. The molecule has 0 radical (unpaired) electrons. The maximum atomic E-state index is 4.72. The molecular formula is C15H24BrN3.